The minimum atomic E-state index is -0.262. The highest BCUT2D eigenvalue weighted by atomic mass is 32.2. The number of carbonyl (C=O) groups excluding carboxylic acids is 2. The maximum atomic E-state index is 13.5. The lowest BCUT2D eigenvalue weighted by atomic mass is 9.96. The van der Waals surface area contributed by atoms with Crippen LogP contribution in [0.15, 0.2) is 94.4 Å². The van der Waals surface area contributed by atoms with Gasteiger partial charge in [-0.05, 0) is 25.1 Å². The van der Waals surface area contributed by atoms with Crippen LogP contribution in [-0.4, -0.2) is 32.2 Å². The smallest absolute Gasteiger partial charge is 0.199 e. The fourth-order valence-corrected chi connectivity index (χ4v) is 4.71. The molecule has 0 aliphatic carbocycles. The quantitative estimate of drug-likeness (QED) is 0.219. The van der Waals surface area contributed by atoms with Crippen molar-refractivity contribution < 1.29 is 9.59 Å². The van der Waals surface area contributed by atoms with E-state index in [0.717, 1.165) is 22.8 Å². The summed E-state index contributed by atoms with van der Waals surface area (Å²) in [7, 11) is 3.96. The van der Waals surface area contributed by atoms with Crippen LogP contribution in [0.3, 0.4) is 0 Å². The fraction of sp³-hybridized carbons (Fsp3) is 0.154. The van der Waals surface area contributed by atoms with Crippen LogP contribution >= 0.6 is 11.8 Å². The highest BCUT2D eigenvalue weighted by Crippen LogP contribution is 2.48. The van der Waals surface area contributed by atoms with Crippen LogP contribution in [0.5, 0.6) is 0 Å². The fourth-order valence-electron chi connectivity index (χ4n) is 3.54. The van der Waals surface area contributed by atoms with Gasteiger partial charge in [-0.2, -0.15) is 0 Å². The number of anilines is 2. The number of allylic oxidation sites excluding steroid dienone is 1. The van der Waals surface area contributed by atoms with Crippen molar-refractivity contribution in [2.24, 2.45) is 0 Å². The normalized spacial score (nSPS) is 12.5. The van der Waals surface area contributed by atoms with Gasteiger partial charge in [0.15, 0.2) is 11.6 Å². The Bertz CT molecular complexity index is 1100. The van der Waals surface area contributed by atoms with Crippen LogP contribution in [0.4, 0.5) is 11.4 Å². The van der Waals surface area contributed by atoms with Gasteiger partial charge < -0.3 is 9.80 Å². The predicted octanol–water partition coefficient (Wildman–Crippen LogP) is 5.66. The second kappa shape index (κ2) is 8.82. The second-order valence-electron chi connectivity index (χ2n) is 7.40. The molecule has 156 valence electrons. The third-order valence-corrected chi connectivity index (χ3v) is 6.71. The number of fused-ring (bicyclic) bond motifs is 1. The maximum absolute atomic E-state index is 13.5. The number of hydrogen-bond acceptors (Lipinski definition) is 5. The zero-order valence-electron chi connectivity index (χ0n) is 17.8. The van der Waals surface area contributed by atoms with Crippen molar-refractivity contribution in [3.63, 3.8) is 0 Å². The molecule has 4 rings (SSSR count). The number of nitrogens with zero attached hydrogens (tertiary/aromatic N) is 2. The molecule has 0 bridgehead atoms. The first-order valence-corrected chi connectivity index (χ1v) is 11.0. The Morgan fingerprint density at radius 3 is 1.94 bits per heavy atom. The van der Waals surface area contributed by atoms with E-state index >= 15 is 0 Å². The molecule has 0 N–H and O–H groups in total. The first kappa shape index (κ1) is 20.9. The Balaban J connectivity index is 1.84. The summed E-state index contributed by atoms with van der Waals surface area (Å²) in [6.45, 7) is 2.99. The molecule has 0 aromatic heterocycles. The zero-order valence-corrected chi connectivity index (χ0v) is 18.6. The van der Waals surface area contributed by atoms with Gasteiger partial charge in [0.1, 0.15) is 5.57 Å². The molecule has 4 nitrogen and oxygen atoms in total. The highest BCUT2D eigenvalue weighted by molar-refractivity contribution is 8.03. The Morgan fingerprint density at radius 1 is 0.871 bits per heavy atom. The van der Waals surface area contributed by atoms with Gasteiger partial charge in [-0.15, -0.1) is 0 Å². The van der Waals surface area contributed by atoms with Crippen LogP contribution in [0.1, 0.15) is 27.6 Å². The molecule has 0 spiro atoms. The van der Waals surface area contributed by atoms with Gasteiger partial charge in [0, 0.05) is 42.3 Å². The Labute approximate surface area is 187 Å². The van der Waals surface area contributed by atoms with Crippen molar-refractivity contribution >= 4 is 34.7 Å². The molecule has 0 fully saturated rings. The molecule has 0 unspecified atom stereocenters. The number of ketones is 2. The number of thioether (sulfide) groups is 1. The molecule has 5 heteroatoms. The van der Waals surface area contributed by atoms with E-state index in [4.69, 9.17) is 0 Å². The third-order valence-electron chi connectivity index (χ3n) is 5.47. The predicted molar refractivity (Wildman–Crippen MR) is 128 cm³/mol. The van der Waals surface area contributed by atoms with Crippen molar-refractivity contribution in [1.29, 1.82) is 0 Å². The SMILES string of the molecule is CCN(C)c1ccc2c(c1)N(C)C(=C(C(=O)c1ccccc1)C(=O)c1ccccc1)S2. The molecule has 0 radical (unpaired) electrons. The monoisotopic (exact) mass is 428 g/mol. The topological polar surface area (TPSA) is 40.6 Å². The van der Waals surface area contributed by atoms with Gasteiger partial charge in [0.05, 0.1) is 10.7 Å². The lowest BCUT2D eigenvalue weighted by Crippen LogP contribution is -2.22. The van der Waals surface area contributed by atoms with Crippen molar-refractivity contribution in [3.8, 4) is 0 Å². The van der Waals surface area contributed by atoms with Gasteiger partial charge in [-0.25, -0.2) is 0 Å². The molecular formula is C26H24N2O2S. The maximum Gasteiger partial charge on any atom is 0.199 e. The summed E-state index contributed by atoms with van der Waals surface area (Å²) in [5.41, 5.74) is 3.31. The minimum Gasteiger partial charge on any atom is -0.375 e. The van der Waals surface area contributed by atoms with Gasteiger partial charge >= 0.3 is 0 Å². The number of carbonyl (C=O) groups is 2. The van der Waals surface area contributed by atoms with Crippen molar-refractivity contribution in [2.75, 3.05) is 30.4 Å². The summed E-state index contributed by atoms with van der Waals surface area (Å²) in [6, 6.07) is 24.2. The number of hydrogen-bond donors (Lipinski definition) is 0. The van der Waals surface area contributed by atoms with Crippen molar-refractivity contribution in [3.05, 3.63) is 101 Å². The van der Waals surface area contributed by atoms with E-state index in [1.165, 1.54) is 11.8 Å². The van der Waals surface area contributed by atoms with Crippen LogP contribution < -0.4 is 9.80 Å². The summed E-state index contributed by atoms with van der Waals surface area (Å²) in [6.07, 6.45) is 0. The number of rotatable bonds is 6. The zero-order chi connectivity index (χ0) is 22.0. The third kappa shape index (κ3) is 4.01. The Kier molecular flexibility index (Phi) is 5.96. The lowest BCUT2D eigenvalue weighted by molar-refractivity contribution is 0.0961. The van der Waals surface area contributed by atoms with Gasteiger partial charge in [-0.1, -0.05) is 72.4 Å². The lowest BCUT2D eigenvalue weighted by Gasteiger charge is -2.20. The van der Waals surface area contributed by atoms with Gasteiger partial charge in [0.2, 0.25) is 0 Å². The Hall–Kier alpha value is -3.31. The Morgan fingerprint density at radius 2 is 1.42 bits per heavy atom. The van der Waals surface area contributed by atoms with Crippen LogP contribution in [0.2, 0.25) is 0 Å². The molecule has 1 aliphatic heterocycles. The minimum absolute atomic E-state index is 0.200. The first-order chi connectivity index (χ1) is 15.0. The molecule has 1 heterocycles. The summed E-state index contributed by atoms with van der Waals surface area (Å²) >= 11 is 1.47. The summed E-state index contributed by atoms with van der Waals surface area (Å²) in [5.74, 6) is -0.523. The average molecular weight is 429 g/mol. The molecule has 0 atom stereocenters. The summed E-state index contributed by atoms with van der Waals surface area (Å²) in [4.78, 5) is 32.2. The van der Waals surface area contributed by atoms with Gasteiger partial charge in [-0.3, -0.25) is 9.59 Å². The van der Waals surface area contributed by atoms with Crippen LogP contribution in [0.25, 0.3) is 0 Å². The second-order valence-corrected chi connectivity index (χ2v) is 8.43. The van der Waals surface area contributed by atoms with Crippen molar-refractivity contribution in [2.45, 2.75) is 11.8 Å². The van der Waals surface area contributed by atoms with Crippen molar-refractivity contribution in [1.82, 2.24) is 0 Å². The molecule has 0 saturated heterocycles. The molecule has 3 aromatic carbocycles. The molecule has 3 aromatic rings. The first-order valence-electron chi connectivity index (χ1n) is 10.2. The standard InChI is InChI=1S/C26H24N2O2S/c1-4-27(2)20-15-16-22-21(17-20)28(3)26(31-22)23(24(29)18-11-7-5-8-12-18)25(30)19-13-9-6-10-14-19/h5-17H,4H2,1-3H3. The van der Waals surface area contributed by atoms with E-state index in [-0.39, 0.29) is 17.1 Å². The van der Waals surface area contributed by atoms with Gasteiger partial charge in [0.25, 0.3) is 0 Å². The van der Waals surface area contributed by atoms with E-state index in [1.807, 2.05) is 55.4 Å². The van der Waals surface area contributed by atoms with Crippen LogP contribution in [-0.2, 0) is 0 Å². The molecule has 0 saturated carbocycles. The molecule has 0 amide bonds. The van der Waals surface area contributed by atoms with E-state index in [2.05, 4.69) is 30.0 Å². The van der Waals surface area contributed by atoms with E-state index < -0.39 is 0 Å². The summed E-state index contributed by atoms with van der Waals surface area (Å²) < 4.78 is 0. The molecule has 1 aliphatic rings. The molecule has 31 heavy (non-hydrogen) atoms. The van der Waals surface area contributed by atoms with Crippen LogP contribution in [0, 0.1) is 0 Å². The van der Waals surface area contributed by atoms with E-state index in [0.29, 0.717) is 16.2 Å². The molecular weight excluding hydrogens is 404 g/mol. The average Bonchev–Trinajstić information content (AvgIpc) is 3.15. The van der Waals surface area contributed by atoms with E-state index in [9.17, 15) is 9.59 Å². The number of Topliss-reactive ketones (excluding diaryl/α,β-unsaturated/α-hetero) is 2. The van der Waals surface area contributed by atoms with E-state index in [1.54, 1.807) is 24.3 Å². The largest absolute Gasteiger partial charge is 0.375 e. The number of benzene rings is 3. The summed E-state index contributed by atoms with van der Waals surface area (Å²) in [5, 5.41) is 0.661. The highest BCUT2D eigenvalue weighted by Gasteiger charge is 2.33.